The number of rotatable bonds is 7. The molecule has 0 aromatic heterocycles. The number of piperazine rings is 1. The first-order chi connectivity index (χ1) is 18.9. The zero-order chi connectivity index (χ0) is 27.4. The Labute approximate surface area is 233 Å². The molecule has 202 valence electrons. The Balaban J connectivity index is 1.11. The molecular weight excluding hydrogens is 511 g/mol. The van der Waals surface area contributed by atoms with E-state index >= 15 is 0 Å². The van der Waals surface area contributed by atoms with Gasteiger partial charge < -0.3 is 15.1 Å². The minimum absolute atomic E-state index is 0.0777. The Morgan fingerprint density at radius 2 is 1.79 bits per heavy atom. The summed E-state index contributed by atoms with van der Waals surface area (Å²) in [6.45, 7) is 7.21. The summed E-state index contributed by atoms with van der Waals surface area (Å²) >= 11 is 1.44. The standard InChI is InChI=1S/C31H33FN4O2S/c1-22-5-3-6-23(19-22)20-29-31(38)34(2)27-21-24(7-12-28(27)39-29)30(37)33-13-4-14-35-15-17-36(18-16-35)26-10-8-25(32)9-11-26/h3,5-12,19-21H,4,13-18H2,1-2H3,(H,33,37)/b29-20-. The van der Waals surface area contributed by atoms with Gasteiger partial charge in [-0.1, -0.05) is 41.6 Å². The molecule has 0 radical (unpaired) electrons. The molecular formula is C31H33FN4O2S. The smallest absolute Gasteiger partial charge is 0.264 e. The largest absolute Gasteiger partial charge is 0.369 e. The van der Waals surface area contributed by atoms with E-state index in [9.17, 15) is 14.0 Å². The Hall–Kier alpha value is -3.62. The van der Waals surface area contributed by atoms with Gasteiger partial charge in [-0.3, -0.25) is 14.5 Å². The van der Waals surface area contributed by atoms with Gasteiger partial charge in [0, 0.05) is 55.9 Å². The van der Waals surface area contributed by atoms with Crippen molar-refractivity contribution >= 4 is 41.0 Å². The number of fused-ring (bicyclic) bond motifs is 1. The number of halogens is 1. The average molecular weight is 545 g/mol. The summed E-state index contributed by atoms with van der Waals surface area (Å²) in [6.07, 6.45) is 2.78. The van der Waals surface area contributed by atoms with E-state index in [0.29, 0.717) is 17.0 Å². The molecule has 0 unspecified atom stereocenters. The van der Waals surface area contributed by atoms with E-state index < -0.39 is 0 Å². The first-order valence-corrected chi connectivity index (χ1v) is 14.1. The molecule has 0 saturated carbocycles. The lowest BCUT2D eigenvalue weighted by Crippen LogP contribution is -2.47. The van der Waals surface area contributed by atoms with Crippen molar-refractivity contribution in [2.45, 2.75) is 18.2 Å². The van der Waals surface area contributed by atoms with Crippen molar-refractivity contribution in [2.24, 2.45) is 0 Å². The van der Waals surface area contributed by atoms with Crippen LogP contribution in [0.25, 0.3) is 6.08 Å². The second kappa shape index (κ2) is 12.1. The number of thioether (sulfide) groups is 1. The fraction of sp³-hybridized carbons (Fsp3) is 0.290. The van der Waals surface area contributed by atoms with Gasteiger partial charge in [-0.05, 0) is 74.0 Å². The van der Waals surface area contributed by atoms with Crippen molar-refractivity contribution in [2.75, 3.05) is 56.1 Å². The van der Waals surface area contributed by atoms with Crippen molar-refractivity contribution in [1.29, 1.82) is 0 Å². The fourth-order valence-electron chi connectivity index (χ4n) is 4.93. The van der Waals surface area contributed by atoms with Crippen molar-refractivity contribution in [3.63, 3.8) is 0 Å². The van der Waals surface area contributed by atoms with Gasteiger partial charge in [-0.15, -0.1) is 0 Å². The minimum Gasteiger partial charge on any atom is -0.369 e. The van der Waals surface area contributed by atoms with Crippen LogP contribution in [-0.2, 0) is 4.79 Å². The first kappa shape index (κ1) is 27.0. The number of hydrogen-bond acceptors (Lipinski definition) is 5. The number of nitrogens with zero attached hydrogens (tertiary/aromatic N) is 3. The van der Waals surface area contributed by atoms with Gasteiger partial charge in [-0.2, -0.15) is 0 Å². The molecule has 0 aliphatic carbocycles. The number of nitrogens with one attached hydrogen (secondary N) is 1. The molecule has 2 aliphatic heterocycles. The lowest BCUT2D eigenvalue weighted by atomic mass is 10.1. The molecule has 1 fully saturated rings. The van der Waals surface area contributed by atoms with Gasteiger partial charge in [0.2, 0.25) is 0 Å². The fourth-order valence-corrected chi connectivity index (χ4v) is 6.03. The van der Waals surface area contributed by atoms with Gasteiger partial charge in [0.15, 0.2) is 0 Å². The number of carbonyl (C=O) groups is 2. The SMILES string of the molecule is Cc1cccc(/C=C2\Sc3ccc(C(=O)NCCCN4CCN(c5ccc(F)cc5)CC4)cc3N(C)C2=O)c1. The van der Waals surface area contributed by atoms with Crippen LogP contribution >= 0.6 is 11.8 Å². The molecule has 5 rings (SSSR count). The number of benzene rings is 3. The van der Waals surface area contributed by atoms with Crippen LogP contribution in [0.1, 0.15) is 27.9 Å². The lowest BCUT2D eigenvalue weighted by molar-refractivity contribution is -0.114. The molecule has 39 heavy (non-hydrogen) atoms. The van der Waals surface area contributed by atoms with Gasteiger partial charge in [0.05, 0.1) is 10.6 Å². The van der Waals surface area contributed by atoms with Crippen LogP contribution in [0.3, 0.4) is 0 Å². The second-order valence-electron chi connectivity index (χ2n) is 9.99. The number of anilines is 2. The zero-order valence-corrected chi connectivity index (χ0v) is 23.1. The van der Waals surface area contributed by atoms with Crippen LogP contribution in [0.4, 0.5) is 15.8 Å². The topological polar surface area (TPSA) is 55.9 Å². The van der Waals surface area contributed by atoms with Gasteiger partial charge >= 0.3 is 0 Å². The van der Waals surface area contributed by atoms with E-state index in [4.69, 9.17) is 0 Å². The molecule has 6 nitrogen and oxygen atoms in total. The predicted octanol–water partition coefficient (Wildman–Crippen LogP) is 5.19. The maximum Gasteiger partial charge on any atom is 0.264 e. The van der Waals surface area contributed by atoms with E-state index in [0.717, 1.165) is 66.5 Å². The predicted molar refractivity (Wildman–Crippen MR) is 157 cm³/mol. The number of aryl methyl sites for hydroxylation is 1. The Morgan fingerprint density at radius 1 is 1.03 bits per heavy atom. The molecule has 0 atom stereocenters. The number of amides is 2. The molecule has 2 heterocycles. The van der Waals surface area contributed by atoms with Gasteiger partial charge in [0.25, 0.3) is 11.8 Å². The van der Waals surface area contributed by atoms with Gasteiger partial charge in [-0.25, -0.2) is 4.39 Å². The monoisotopic (exact) mass is 544 g/mol. The van der Waals surface area contributed by atoms with Crippen LogP contribution in [0.2, 0.25) is 0 Å². The number of carbonyl (C=O) groups excluding carboxylic acids is 2. The summed E-state index contributed by atoms with van der Waals surface area (Å²) in [4.78, 5) is 33.8. The maximum absolute atomic E-state index is 13.2. The minimum atomic E-state index is -0.214. The van der Waals surface area contributed by atoms with E-state index in [1.54, 1.807) is 18.0 Å². The Bertz CT molecular complexity index is 1380. The Morgan fingerprint density at radius 3 is 2.54 bits per heavy atom. The highest BCUT2D eigenvalue weighted by Gasteiger charge is 2.27. The summed E-state index contributed by atoms with van der Waals surface area (Å²) in [5.41, 5.74) is 4.49. The Kier molecular flexibility index (Phi) is 8.33. The first-order valence-electron chi connectivity index (χ1n) is 13.3. The van der Waals surface area contributed by atoms with E-state index in [2.05, 4.69) is 21.2 Å². The molecule has 3 aromatic rings. The highest BCUT2D eigenvalue weighted by atomic mass is 32.2. The summed E-state index contributed by atoms with van der Waals surface area (Å²) in [7, 11) is 1.75. The average Bonchev–Trinajstić information content (AvgIpc) is 2.94. The van der Waals surface area contributed by atoms with Crippen LogP contribution in [-0.4, -0.2) is 63.0 Å². The third-order valence-electron chi connectivity index (χ3n) is 7.16. The van der Waals surface area contributed by atoms with E-state index in [-0.39, 0.29) is 17.6 Å². The third-order valence-corrected chi connectivity index (χ3v) is 8.24. The molecule has 2 amide bonds. The highest BCUT2D eigenvalue weighted by Crippen LogP contribution is 2.42. The van der Waals surface area contributed by atoms with E-state index in [1.807, 2.05) is 55.5 Å². The molecule has 0 bridgehead atoms. The summed E-state index contributed by atoms with van der Waals surface area (Å²) in [6, 6.07) is 20.3. The number of hydrogen-bond donors (Lipinski definition) is 1. The van der Waals surface area contributed by atoms with Crippen LogP contribution in [0.5, 0.6) is 0 Å². The maximum atomic E-state index is 13.2. The molecule has 8 heteroatoms. The second-order valence-corrected chi connectivity index (χ2v) is 11.1. The summed E-state index contributed by atoms with van der Waals surface area (Å²) in [5.74, 6) is -0.425. The molecule has 1 N–H and O–H groups in total. The quantitative estimate of drug-likeness (QED) is 0.328. The lowest BCUT2D eigenvalue weighted by Gasteiger charge is -2.36. The molecule has 2 aliphatic rings. The third kappa shape index (κ3) is 6.52. The molecule has 1 saturated heterocycles. The van der Waals surface area contributed by atoms with E-state index in [1.165, 1.54) is 23.9 Å². The highest BCUT2D eigenvalue weighted by molar-refractivity contribution is 8.04. The molecule has 0 spiro atoms. The van der Waals surface area contributed by atoms with Crippen molar-refractivity contribution < 1.29 is 14.0 Å². The summed E-state index contributed by atoms with van der Waals surface area (Å²) < 4.78 is 13.2. The van der Waals surface area contributed by atoms with Crippen LogP contribution < -0.4 is 15.1 Å². The normalized spacial score (nSPS) is 16.9. The van der Waals surface area contributed by atoms with Crippen molar-refractivity contribution in [3.8, 4) is 0 Å². The number of likely N-dealkylation sites (N-methyl/N-ethyl adjacent to an activating group) is 1. The van der Waals surface area contributed by atoms with Crippen molar-refractivity contribution in [1.82, 2.24) is 10.2 Å². The van der Waals surface area contributed by atoms with Crippen LogP contribution in [0, 0.1) is 12.7 Å². The van der Waals surface area contributed by atoms with Gasteiger partial charge in [0.1, 0.15) is 5.82 Å². The molecule has 3 aromatic carbocycles. The summed E-state index contributed by atoms with van der Waals surface area (Å²) in [5, 5.41) is 3.02. The van der Waals surface area contributed by atoms with Crippen molar-refractivity contribution in [3.05, 3.63) is 94.1 Å². The van der Waals surface area contributed by atoms with Crippen LogP contribution in [0.15, 0.2) is 76.5 Å². The zero-order valence-electron chi connectivity index (χ0n) is 22.3.